The molecule has 0 aromatic carbocycles. The Balaban J connectivity index is 2.48. The van der Waals surface area contributed by atoms with Gasteiger partial charge in [-0.05, 0) is 32.4 Å². The fourth-order valence-electron chi connectivity index (χ4n) is 1.87. The maximum Gasteiger partial charge on any atom is 0.272 e. The highest BCUT2D eigenvalue weighted by atomic mass is 16.5. The SMILES string of the molecule is C=CCCOCCNc1ccnc(C(=O)N(CC)CC)c1. The summed E-state index contributed by atoms with van der Waals surface area (Å²) in [5, 5.41) is 3.23. The molecule has 0 radical (unpaired) electrons. The molecule has 0 bridgehead atoms. The third kappa shape index (κ3) is 5.95. The van der Waals surface area contributed by atoms with Crippen LogP contribution in [-0.4, -0.2) is 48.6 Å². The summed E-state index contributed by atoms with van der Waals surface area (Å²) in [5.41, 5.74) is 1.35. The molecule has 0 fully saturated rings. The fraction of sp³-hybridized carbons (Fsp3) is 0.500. The minimum atomic E-state index is -0.0362. The first-order valence-electron chi connectivity index (χ1n) is 7.40. The zero-order valence-corrected chi connectivity index (χ0v) is 13.0. The summed E-state index contributed by atoms with van der Waals surface area (Å²) in [6, 6.07) is 3.63. The Morgan fingerprint density at radius 3 is 2.86 bits per heavy atom. The van der Waals surface area contributed by atoms with Crippen LogP contribution in [0.5, 0.6) is 0 Å². The van der Waals surface area contributed by atoms with Crippen molar-refractivity contribution in [2.45, 2.75) is 20.3 Å². The molecule has 0 saturated heterocycles. The van der Waals surface area contributed by atoms with Gasteiger partial charge in [0.25, 0.3) is 5.91 Å². The lowest BCUT2D eigenvalue weighted by Gasteiger charge is -2.18. The lowest BCUT2D eigenvalue weighted by molar-refractivity contribution is 0.0767. The number of carbonyl (C=O) groups excluding carboxylic acids is 1. The Kier molecular flexibility index (Phi) is 8.12. The van der Waals surface area contributed by atoms with Gasteiger partial charge in [0.1, 0.15) is 5.69 Å². The molecule has 0 spiro atoms. The van der Waals surface area contributed by atoms with E-state index in [1.807, 2.05) is 26.0 Å². The van der Waals surface area contributed by atoms with Crippen LogP contribution in [0.4, 0.5) is 5.69 Å². The molecule has 5 heteroatoms. The van der Waals surface area contributed by atoms with E-state index in [0.717, 1.165) is 12.1 Å². The van der Waals surface area contributed by atoms with E-state index in [2.05, 4.69) is 16.9 Å². The summed E-state index contributed by atoms with van der Waals surface area (Å²) < 4.78 is 5.42. The van der Waals surface area contributed by atoms with Gasteiger partial charge < -0.3 is 15.0 Å². The van der Waals surface area contributed by atoms with E-state index in [0.29, 0.717) is 38.5 Å². The minimum Gasteiger partial charge on any atom is -0.383 e. The van der Waals surface area contributed by atoms with Crippen LogP contribution in [0.3, 0.4) is 0 Å². The molecule has 21 heavy (non-hydrogen) atoms. The third-order valence-corrected chi connectivity index (χ3v) is 3.07. The number of aromatic nitrogens is 1. The molecule has 0 aliphatic heterocycles. The second-order valence-electron chi connectivity index (χ2n) is 4.52. The largest absolute Gasteiger partial charge is 0.383 e. The molecule has 0 atom stereocenters. The molecular weight excluding hydrogens is 266 g/mol. The number of hydrogen-bond donors (Lipinski definition) is 1. The molecule has 0 aliphatic carbocycles. The van der Waals surface area contributed by atoms with Crippen molar-refractivity contribution in [3.63, 3.8) is 0 Å². The Hall–Kier alpha value is -1.88. The third-order valence-electron chi connectivity index (χ3n) is 3.07. The highest BCUT2D eigenvalue weighted by molar-refractivity contribution is 5.93. The maximum absolute atomic E-state index is 12.2. The number of nitrogens with zero attached hydrogens (tertiary/aromatic N) is 2. The van der Waals surface area contributed by atoms with Gasteiger partial charge in [0.05, 0.1) is 13.2 Å². The molecular formula is C16H25N3O2. The van der Waals surface area contributed by atoms with E-state index >= 15 is 0 Å². The van der Waals surface area contributed by atoms with Crippen LogP contribution in [-0.2, 0) is 4.74 Å². The number of hydrogen-bond acceptors (Lipinski definition) is 4. The molecule has 1 heterocycles. The number of amides is 1. The molecule has 1 aromatic heterocycles. The summed E-state index contributed by atoms with van der Waals surface area (Å²) in [7, 11) is 0. The van der Waals surface area contributed by atoms with Crippen molar-refractivity contribution in [3.8, 4) is 0 Å². The zero-order chi connectivity index (χ0) is 15.5. The van der Waals surface area contributed by atoms with E-state index in [1.54, 1.807) is 17.2 Å². The molecule has 1 amide bonds. The molecule has 1 N–H and O–H groups in total. The van der Waals surface area contributed by atoms with Gasteiger partial charge in [-0.1, -0.05) is 6.08 Å². The second-order valence-corrected chi connectivity index (χ2v) is 4.52. The standard InChI is InChI=1S/C16H25N3O2/c1-4-7-11-21-12-10-17-14-8-9-18-15(13-14)16(20)19(5-2)6-3/h4,8-9,13H,1,5-7,10-12H2,2-3H3,(H,17,18). The highest BCUT2D eigenvalue weighted by Crippen LogP contribution is 2.10. The van der Waals surface area contributed by atoms with Crippen molar-refractivity contribution in [3.05, 3.63) is 36.7 Å². The van der Waals surface area contributed by atoms with Crippen LogP contribution >= 0.6 is 0 Å². The van der Waals surface area contributed by atoms with Crippen molar-refractivity contribution in [2.75, 3.05) is 38.2 Å². The molecule has 5 nitrogen and oxygen atoms in total. The minimum absolute atomic E-state index is 0.0362. The summed E-state index contributed by atoms with van der Waals surface area (Å²) >= 11 is 0. The first-order chi connectivity index (χ1) is 10.2. The van der Waals surface area contributed by atoms with Crippen LogP contribution in [0.25, 0.3) is 0 Å². The van der Waals surface area contributed by atoms with Gasteiger partial charge in [0, 0.05) is 31.5 Å². The molecule has 1 aromatic rings. The maximum atomic E-state index is 12.2. The Labute approximate surface area is 127 Å². The summed E-state index contributed by atoms with van der Waals surface area (Å²) in [6.07, 6.45) is 4.34. The van der Waals surface area contributed by atoms with Crippen LogP contribution in [0.2, 0.25) is 0 Å². The topological polar surface area (TPSA) is 54.5 Å². The van der Waals surface area contributed by atoms with Gasteiger partial charge in [-0.2, -0.15) is 0 Å². The fourth-order valence-corrected chi connectivity index (χ4v) is 1.87. The Morgan fingerprint density at radius 1 is 1.43 bits per heavy atom. The number of anilines is 1. The number of carbonyl (C=O) groups is 1. The van der Waals surface area contributed by atoms with Gasteiger partial charge in [-0.15, -0.1) is 6.58 Å². The van der Waals surface area contributed by atoms with Crippen molar-refractivity contribution in [1.29, 1.82) is 0 Å². The van der Waals surface area contributed by atoms with E-state index < -0.39 is 0 Å². The average Bonchev–Trinajstić information content (AvgIpc) is 2.52. The van der Waals surface area contributed by atoms with E-state index in [-0.39, 0.29) is 5.91 Å². The summed E-state index contributed by atoms with van der Waals surface area (Å²) in [6.45, 7) is 10.9. The van der Waals surface area contributed by atoms with E-state index in [9.17, 15) is 4.79 Å². The number of rotatable bonds is 10. The number of nitrogens with one attached hydrogen (secondary N) is 1. The van der Waals surface area contributed by atoms with E-state index in [1.165, 1.54) is 0 Å². The van der Waals surface area contributed by atoms with Crippen molar-refractivity contribution >= 4 is 11.6 Å². The monoisotopic (exact) mass is 291 g/mol. The second kappa shape index (κ2) is 9.94. The quantitative estimate of drug-likeness (QED) is 0.532. The molecule has 1 rings (SSSR count). The molecule has 0 saturated carbocycles. The predicted molar refractivity (Wildman–Crippen MR) is 85.6 cm³/mol. The van der Waals surface area contributed by atoms with Crippen molar-refractivity contribution in [2.24, 2.45) is 0 Å². The average molecular weight is 291 g/mol. The van der Waals surface area contributed by atoms with Gasteiger partial charge in [-0.3, -0.25) is 9.78 Å². The van der Waals surface area contributed by atoms with Crippen molar-refractivity contribution in [1.82, 2.24) is 9.88 Å². The highest BCUT2D eigenvalue weighted by Gasteiger charge is 2.13. The number of ether oxygens (including phenoxy) is 1. The normalized spacial score (nSPS) is 10.2. The first kappa shape index (κ1) is 17.2. The van der Waals surface area contributed by atoms with Crippen molar-refractivity contribution < 1.29 is 9.53 Å². The van der Waals surface area contributed by atoms with Crippen LogP contribution in [0.1, 0.15) is 30.8 Å². The van der Waals surface area contributed by atoms with Gasteiger partial charge in [0.15, 0.2) is 0 Å². The molecule has 0 aliphatic rings. The Bertz CT molecular complexity index is 445. The lowest BCUT2D eigenvalue weighted by atomic mass is 10.2. The summed E-state index contributed by atoms with van der Waals surface area (Å²) in [5.74, 6) is -0.0362. The summed E-state index contributed by atoms with van der Waals surface area (Å²) in [4.78, 5) is 18.1. The smallest absolute Gasteiger partial charge is 0.272 e. The predicted octanol–water partition coefficient (Wildman–Crippen LogP) is 2.57. The Morgan fingerprint density at radius 2 is 2.19 bits per heavy atom. The van der Waals surface area contributed by atoms with Gasteiger partial charge in [-0.25, -0.2) is 0 Å². The van der Waals surface area contributed by atoms with Crippen LogP contribution in [0.15, 0.2) is 31.0 Å². The lowest BCUT2D eigenvalue weighted by Crippen LogP contribution is -2.31. The van der Waals surface area contributed by atoms with Gasteiger partial charge >= 0.3 is 0 Å². The van der Waals surface area contributed by atoms with Crippen LogP contribution < -0.4 is 5.32 Å². The van der Waals surface area contributed by atoms with Crippen LogP contribution in [0, 0.1) is 0 Å². The number of pyridine rings is 1. The molecule has 116 valence electrons. The van der Waals surface area contributed by atoms with Gasteiger partial charge in [0.2, 0.25) is 0 Å². The molecule has 0 unspecified atom stereocenters. The zero-order valence-electron chi connectivity index (χ0n) is 13.0. The first-order valence-corrected chi connectivity index (χ1v) is 7.40. The van der Waals surface area contributed by atoms with E-state index in [4.69, 9.17) is 4.74 Å².